The summed E-state index contributed by atoms with van der Waals surface area (Å²) in [5.74, 6) is -1.34. The van der Waals surface area contributed by atoms with Gasteiger partial charge in [-0.15, -0.1) is 0 Å². The van der Waals surface area contributed by atoms with Gasteiger partial charge in [0.25, 0.3) is 0 Å². The SMILES string of the molecule is COc1cccc(-c2ccc3[nH]cc(C(=O)O)c3c2)c1F. The molecule has 0 saturated heterocycles. The molecule has 21 heavy (non-hydrogen) atoms. The quantitative estimate of drug-likeness (QED) is 0.771. The van der Waals surface area contributed by atoms with Crippen molar-refractivity contribution < 1.29 is 19.0 Å². The summed E-state index contributed by atoms with van der Waals surface area (Å²) in [6.07, 6.45) is 1.43. The Hall–Kier alpha value is -2.82. The first-order valence-corrected chi connectivity index (χ1v) is 6.29. The molecule has 0 aliphatic carbocycles. The first kappa shape index (κ1) is 13.2. The Labute approximate surface area is 119 Å². The number of benzene rings is 2. The third-order valence-corrected chi connectivity index (χ3v) is 3.41. The number of ether oxygens (including phenoxy) is 1. The van der Waals surface area contributed by atoms with Crippen LogP contribution >= 0.6 is 0 Å². The van der Waals surface area contributed by atoms with Crippen molar-refractivity contribution >= 4 is 16.9 Å². The number of halogens is 1. The molecule has 3 aromatic rings. The van der Waals surface area contributed by atoms with Gasteiger partial charge in [-0.2, -0.15) is 0 Å². The fourth-order valence-corrected chi connectivity index (χ4v) is 2.36. The Morgan fingerprint density at radius 3 is 2.81 bits per heavy atom. The molecule has 1 heterocycles. The van der Waals surface area contributed by atoms with E-state index in [1.165, 1.54) is 19.4 Å². The summed E-state index contributed by atoms with van der Waals surface area (Å²) in [7, 11) is 1.40. The Balaban J connectivity index is 2.21. The van der Waals surface area contributed by atoms with E-state index < -0.39 is 11.8 Å². The molecule has 0 saturated carbocycles. The fourth-order valence-electron chi connectivity index (χ4n) is 2.36. The van der Waals surface area contributed by atoms with Crippen LogP contribution in [-0.2, 0) is 0 Å². The number of carbonyl (C=O) groups is 1. The minimum absolute atomic E-state index is 0.153. The summed E-state index contributed by atoms with van der Waals surface area (Å²) in [5, 5.41) is 9.70. The molecule has 2 N–H and O–H groups in total. The second-order valence-electron chi connectivity index (χ2n) is 4.59. The number of rotatable bonds is 3. The van der Waals surface area contributed by atoms with Crippen molar-refractivity contribution in [3.05, 3.63) is 54.0 Å². The Morgan fingerprint density at radius 2 is 2.10 bits per heavy atom. The maximum absolute atomic E-state index is 14.3. The predicted octanol–water partition coefficient (Wildman–Crippen LogP) is 3.68. The predicted molar refractivity (Wildman–Crippen MR) is 77.2 cm³/mol. The lowest BCUT2D eigenvalue weighted by atomic mass is 10.0. The highest BCUT2D eigenvalue weighted by Gasteiger charge is 2.14. The molecule has 0 aliphatic heterocycles. The maximum Gasteiger partial charge on any atom is 0.337 e. The highest BCUT2D eigenvalue weighted by molar-refractivity contribution is 6.04. The lowest BCUT2D eigenvalue weighted by Crippen LogP contribution is -1.94. The second kappa shape index (κ2) is 4.94. The van der Waals surface area contributed by atoms with Crippen LogP contribution in [0.25, 0.3) is 22.0 Å². The Kier molecular flexibility index (Phi) is 3.10. The molecule has 4 nitrogen and oxygen atoms in total. The normalized spacial score (nSPS) is 10.8. The van der Waals surface area contributed by atoms with Crippen molar-refractivity contribution in [2.24, 2.45) is 0 Å². The van der Waals surface area contributed by atoms with Crippen LogP contribution < -0.4 is 4.74 Å². The van der Waals surface area contributed by atoms with Crippen LogP contribution in [-0.4, -0.2) is 23.2 Å². The van der Waals surface area contributed by atoms with Gasteiger partial charge in [-0.25, -0.2) is 9.18 Å². The van der Waals surface area contributed by atoms with Crippen LogP contribution in [0.15, 0.2) is 42.6 Å². The molecule has 1 aromatic heterocycles. The molecule has 0 atom stereocenters. The van der Waals surface area contributed by atoms with E-state index in [4.69, 9.17) is 9.84 Å². The van der Waals surface area contributed by atoms with Gasteiger partial charge in [0, 0.05) is 22.7 Å². The molecule has 5 heteroatoms. The third kappa shape index (κ3) is 2.12. The van der Waals surface area contributed by atoms with Crippen molar-refractivity contribution in [1.82, 2.24) is 4.98 Å². The molecular weight excluding hydrogens is 273 g/mol. The molecule has 0 radical (unpaired) electrons. The number of carboxylic acid groups (broad SMARTS) is 1. The van der Waals surface area contributed by atoms with E-state index in [0.29, 0.717) is 22.0 Å². The highest BCUT2D eigenvalue weighted by atomic mass is 19.1. The molecule has 106 valence electrons. The van der Waals surface area contributed by atoms with Crippen molar-refractivity contribution in [1.29, 1.82) is 0 Å². The first-order chi connectivity index (χ1) is 10.1. The van der Waals surface area contributed by atoms with E-state index in [0.717, 1.165) is 0 Å². The minimum atomic E-state index is -1.02. The van der Waals surface area contributed by atoms with Crippen LogP contribution in [0.5, 0.6) is 5.75 Å². The zero-order valence-corrected chi connectivity index (χ0v) is 11.2. The van der Waals surface area contributed by atoms with Gasteiger partial charge >= 0.3 is 5.97 Å². The maximum atomic E-state index is 14.3. The molecule has 0 spiro atoms. The van der Waals surface area contributed by atoms with E-state index in [1.54, 1.807) is 30.3 Å². The molecule has 0 fully saturated rings. The van der Waals surface area contributed by atoms with Gasteiger partial charge in [-0.1, -0.05) is 18.2 Å². The number of methoxy groups -OCH3 is 1. The number of fused-ring (bicyclic) bond motifs is 1. The van der Waals surface area contributed by atoms with Gasteiger partial charge in [0.05, 0.1) is 12.7 Å². The van der Waals surface area contributed by atoms with Crippen molar-refractivity contribution in [3.63, 3.8) is 0 Å². The van der Waals surface area contributed by atoms with Crippen molar-refractivity contribution in [3.8, 4) is 16.9 Å². The monoisotopic (exact) mass is 285 g/mol. The largest absolute Gasteiger partial charge is 0.494 e. The zero-order valence-electron chi connectivity index (χ0n) is 11.2. The molecule has 0 unspecified atom stereocenters. The molecule has 0 amide bonds. The van der Waals surface area contributed by atoms with E-state index in [9.17, 15) is 9.18 Å². The summed E-state index contributed by atoms with van der Waals surface area (Å²) >= 11 is 0. The van der Waals surface area contributed by atoms with Gasteiger partial charge < -0.3 is 14.8 Å². The van der Waals surface area contributed by atoms with Crippen LogP contribution in [0.2, 0.25) is 0 Å². The van der Waals surface area contributed by atoms with Gasteiger partial charge in [0.1, 0.15) is 0 Å². The molecule has 2 aromatic carbocycles. The fraction of sp³-hybridized carbons (Fsp3) is 0.0625. The van der Waals surface area contributed by atoms with Gasteiger partial charge in [-0.05, 0) is 23.8 Å². The number of H-pyrrole nitrogens is 1. The molecule has 3 rings (SSSR count). The molecule has 0 bridgehead atoms. The lowest BCUT2D eigenvalue weighted by Gasteiger charge is -2.08. The van der Waals surface area contributed by atoms with Crippen LogP contribution in [0.1, 0.15) is 10.4 Å². The number of aromatic nitrogens is 1. The summed E-state index contributed by atoms with van der Waals surface area (Å²) < 4.78 is 19.3. The summed E-state index contributed by atoms with van der Waals surface area (Å²) in [5.41, 5.74) is 1.82. The number of nitrogens with one attached hydrogen (secondary N) is 1. The second-order valence-corrected chi connectivity index (χ2v) is 4.59. The third-order valence-electron chi connectivity index (χ3n) is 3.41. The lowest BCUT2D eigenvalue weighted by molar-refractivity contribution is 0.0699. The van der Waals surface area contributed by atoms with E-state index >= 15 is 0 Å². The number of aromatic amines is 1. The standard InChI is InChI=1S/C16H12FNO3/c1-21-14-4-2-3-10(15(14)17)9-5-6-13-11(7-9)12(8-18-13)16(19)20/h2-8,18H,1H3,(H,19,20). The van der Waals surface area contributed by atoms with E-state index in [-0.39, 0.29) is 11.3 Å². The van der Waals surface area contributed by atoms with Crippen LogP contribution in [0, 0.1) is 5.82 Å². The van der Waals surface area contributed by atoms with E-state index in [2.05, 4.69) is 4.98 Å². The van der Waals surface area contributed by atoms with Crippen LogP contribution in [0.3, 0.4) is 0 Å². The van der Waals surface area contributed by atoms with E-state index in [1.807, 2.05) is 0 Å². The van der Waals surface area contributed by atoms with Crippen LogP contribution in [0.4, 0.5) is 4.39 Å². The minimum Gasteiger partial charge on any atom is -0.494 e. The number of carboxylic acids is 1. The number of hydrogen-bond donors (Lipinski definition) is 2. The summed E-state index contributed by atoms with van der Waals surface area (Å²) in [6, 6.07) is 9.99. The Bertz CT molecular complexity index is 839. The first-order valence-electron chi connectivity index (χ1n) is 6.29. The number of aromatic carboxylic acids is 1. The topological polar surface area (TPSA) is 62.3 Å². The average Bonchev–Trinajstić information content (AvgIpc) is 2.90. The molecule has 0 aliphatic rings. The molecular formula is C16H12FNO3. The van der Waals surface area contributed by atoms with Crippen molar-refractivity contribution in [2.45, 2.75) is 0 Å². The smallest absolute Gasteiger partial charge is 0.337 e. The average molecular weight is 285 g/mol. The van der Waals surface area contributed by atoms with Gasteiger partial charge in [0.15, 0.2) is 11.6 Å². The van der Waals surface area contributed by atoms with Gasteiger partial charge in [-0.3, -0.25) is 0 Å². The van der Waals surface area contributed by atoms with Gasteiger partial charge in [0.2, 0.25) is 0 Å². The highest BCUT2D eigenvalue weighted by Crippen LogP contribution is 2.31. The van der Waals surface area contributed by atoms with Crippen molar-refractivity contribution in [2.75, 3.05) is 7.11 Å². The summed E-state index contributed by atoms with van der Waals surface area (Å²) in [6.45, 7) is 0. The summed E-state index contributed by atoms with van der Waals surface area (Å²) in [4.78, 5) is 14.1. The Morgan fingerprint density at radius 1 is 1.29 bits per heavy atom. The zero-order chi connectivity index (χ0) is 15.0. The number of hydrogen-bond acceptors (Lipinski definition) is 2.